The quantitative estimate of drug-likeness (QED) is 0.845. The summed E-state index contributed by atoms with van der Waals surface area (Å²) < 4.78 is 57.9. The van der Waals surface area contributed by atoms with E-state index in [0.717, 1.165) is 22.8 Å². The molecular weight excluding hydrogens is 328 g/mol. The Balaban J connectivity index is 1.72. The van der Waals surface area contributed by atoms with Crippen LogP contribution < -0.4 is 4.74 Å². The first-order chi connectivity index (χ1) is 11.0. The van der Waals surface area contributed by atoms with Gasteiger partial charge in [-0.2, -0.15) is 4.31 Å². The highest BCUT2D eigenvalue weighted by atomic mass is 32.2. The van der Waals surface area contributed by atoms with Crippen LogP contribution in [0.5, 0.6) is 6.01 Å². The lowest BCUT2D eigenvalue weighted by molar-refractivity contribution is 0.197. The van der Waals surface area contributed by atoms with Crippen LogP contribution in [-0.2, 0) is 10.0 Å². The number of aromatic nitrogens is 2. The van der Waals surface area contributed by atoms with E-state index in [2.05, 4.69) is 9.97 Å². The lowest BCUT2D eigenvalue weighted by Gasteiger charge is -2.17. The third-order valence-corrected chi connectivity index (χ3v) is 5.33. The van der Waals surface area contributed by atoms with E-state index in [4.69, 9.17) is 4.74 Å². The maximum atomic E-state index is 13.7. The molecule has 0 amide bonds. The highest BCUT2D eigenvalue weighted by Crippen LogP contribution is 2.24. The smallest absolute Gasteiger partial charge is 0.316 e. The molecule has 1 aliphatic rings. The van der Waals surface area contributed by atoms with Crippen LogP contribution in [0.15, 0.2) is 41.6 Å². The summed E-state index contributed by atoms with van der Waals surface area (Å²) in [5.41, 5.74) is 0. The lowest BCUT2D eigenvalue weighted by atomic mass is 10.3. The topological polar surface area (TPSA) is 72.4 Å². The van der Waals surface area contributed by atoms with Crippen LogP contribution >= 0.6 is 0 Å². The van der Waals surface area contributed by atoms with Gasteiger partial charge in [0, 0.05) is 6.54 Å². The van der Waals surface area contributed by atoms with E-state index in [9.17, 15) is 17.2 Å². The molecule has 1 aromatic heterocycles. The van der Waals surface area contributed by atoms with Gasteiger partial charge in [-0.05, 0) is 18.6 Å². The number of halogens is 2. The van der Waals surface area contributed by atoms with Gasteiger partial charge >= 0.3 is 6.01 Å². The number of hydrogen-bond donors (Lipinski definition) is 0. The van der Waals surface area contributed by atoms with Gasteiger partial charge in [0.2, 0.25) is 10.0 Å². The molecule has 2 aromatic rings. The summed E-state index contributed by atoms with van der Waals surface area (Å²) in [5.74, 6) is -1.38. The standard InChI is InChI=1S/C14H13F2N3O3S/c15-10-7-17-14(18-8-10)22-11-5-6-19(9-11)23(20,21)13-4-2-1-3-12(13)16/h1-4,7-8,11H,5-6,9H2/t11-/m0/s1. The predicted molar refractivity (Wildman–Crippen MR) is 76.2 cm³/mol. The molecule has 1 fully saturated rings. The van der Waals surface area contributed by atoms with Crippen LogP contribution in [0.3, 0.4) is 0 Å². The molecule has 9 heteroatoms. The van der Waals surface area contributed by atoms with Gasteiger partial charge in [0.25, 0.3) is 0 Å². The Bertz CT molecular complexity index is 799. The summed E-state index contributed by atoms with van der Waals surface area (Å²) in [6.07, 6.45) is 1.87. The largest absolute Gasteiger partial charge is 0.459 e. The molecule has 0 unspecified atom stereocenters. The fourth-order valence-corrected chi connectivity index (χ4v) is 3.87. The zero-order chi connectivity index (χ0) is 16.4. The Kier molecular flexibility index (Phi) is 4.22. The van der Waals surface area contributed by atoms with Crippen LogP contribution in [0.2, 0.25) is 0 Å². The van der Waals surface area contributed by atoms with Crippen molar-refractivity contribution in [2.24, 2.45) is 0 Å². The van der Waals surface area contributed by atoms with Crippen molar-refractivity contribution in [2.45, 2.75) is 17.4 Å². The van der Waals surface area contributed by atoms with Gasteiger partial charge in [0.05, 0.1) is 18.9 Å². The van der Waals surface area contributed by atoms with Crippen molar-refractivity contribution in [3.8, 4) is 6.01 Å². The number of hydrogen-bond acceptors (Lipinski definition) is 5. The molecule has 1 aliphatic heterocycles. The van der Waals surface area contributed by atoms with Crippen molar-refractivity contribution in [1.29, 1.82) is 0 Å². The summed E-state index contributed by atoms with van der Waals surface area (Å²) in [4.78, 5) is 6.97. The molecular formula is C14H13F2N3O3S. The number of rotatable bonds is 4. The minimum absolute atomic E-state index is 0.0264. The lowest BCUT2D eigenvalue weighted by Crippen LogP contribution is -2.31. The van der Waals surface area contributed by atoms with E-state index in [1.54, 1.807) is 0 Å². The predicted octanol–water partition coefficient (Wildman–Crippen LogP) is 1.60. The Morgan fingerprint density at radius 3 is 2.57 bits per heavy atom. The second-order valence-corrected chi connectivity index (χ2v) is 6.91. The van der Waals surface area contributed by atoms with Crippen molar-refractivity contribution in [1.82, 2.24) is 14.3 Å². The Labute approximate surface area is 131 Å². The first kappa shape index (κ1) is 15.8. The molecule has 0 spiro atoms. The first-order valence-electron chi connectivity index (χ1n) is 6.86. The molecule has 3 rings (SSSR count). The summed E-state index contributed by atoms with van der Waals surface area (Å²) in [6.45, 7) is 0.250. The number of ether oxygens (including phenoxy) is 1. The minimum atomic E-state index is -3.92. The second kappa shape index (κ2) is 6.17. The summed E-state index contributed by atoms with van der Waals surface area (Å²) in [7, 11) is -3.92. The third kappa shape index (κ3) is 3.30. The highest BCUT2D eigenvalue weighted by Gasteiger charge is 2.35. The van der Waals surface area contributed by atoms with E-state index >= 15 is 0 Å². The summed E-state index contributed by atoms with van der Waals surface area (Å²) in [5, 5.41) is 0. The maximum absolute atomic E-state index is 13.7. The van der Waals surface area contributed by atoms with Crippen molar-refractivity contribution in [3.05, 3.63) is 48.3 Å². The summed E-state index contributed by atoms with van der Waals surface area (Å²) in [6, 6.07) is 5.19. The van der Waals surface area contributed by atoms with Gasteiger partial charge in [-0.15, -0.1) is 0 Å². The van der Waals surface area contributed by atoms with Crippen molar-refractivity contribution >= 4 is 10.0 Å². The van der Waals surface area contributed by atoms with Crippen molar-refractivity contribution in [3.63, 3.8) is 0 Å². The number of nitrogens with zero attached hydrogens (tertiary/aromatic N) is 3. The van der Waals surface area contributed by atoms with E-state index < -0.39 is 27.8 Å². The first-order valence-corrected chi connectivity index (χ1v) is 8.30. The Morgan fingerprint density at radius 1 is 1.17 bits per heavy atom. The zero-order valence-electron chi connectivity index (χ0n) is 11.9. The van der Waals surface area contributed by atoms with Gasteiger partial charge in [-0.25, -0.2) is 27.2 Å². The average molecular weight is 341 g/mol. The molecule has 1 atom stereocenters. The summed E-state index contributed by atoms with van der Waals surface area (Å²) >= 11 is 0. The molecule has 0 aliphatic carbocycles. The van der Waals surface area contributed by atoms with Gasteiger partial charge in [0.1, 0.15) is 16.8 Å². The molecule has 122 valence electrons. The van der Waals surface area contributed by atoms with Crippen LogP contribution in [0.25, 0.3) is 0 Å². The minimum Gasteiger partial charge on any atom is -0.459 e. The zero-order valence-corrected chi connectivity index (χ0v) is 12.7. The van der Waals surface area contributed by atoms with Gasteiger partial charge in [-0.1, -0.05) is 12.1 Å². The van der Waals surface area contributed by atoms with E-state index in [0.29, 0.717) is 6.42 Å². The molecule has 0 bridgehead atoms. The second-order valence-electron chi connectivity index (χ2n) is 5.01. The molecule has 0 radical (unpaired) electrons. The fraction of sp³-hybridized carbons (Fsp3) is 0.286. The molecule has 0 N–H and O–H groups in total. The monoisotopic (exact) mass is 341 g/mol. The normalized spacial score (nSPS) is 19.0. The fourth-order valence-electron chi connectivity index (χ4n) is 2.32. The third-order valence-electron chi connectivity index (χ3n) is 3.43. The molecule has 23 heavy (non-hydrogen) atoms. The molecule has 0 saturated carbocycles. The Morgan fingerprint density at radius 2 is 1.87 bits per heavy atom. The maximum Gasteiger partial charge on any atom is 0.316 e. The van der Waals surface area contributed by atoms with E-state index in [1.807, 2.05) is 0 Å². The SMILES string of the molecule is O=S(=O)(c1ccccc1F)N1CC[C@H](Oc2ncc(F)cn2)C1. The van der Waals surface area contributed by atoms with Gasteiger partial charge in [0.15, 0.2) is 5.82 Å². The van der Waals surface area contributed by atoms with E-state index in [-0.39, 0.29) is 24.0 Å². The van der Waals surface area contributed by atoms with E-state index in [1.165, 1.54) is 18.2 Å². The number of sulfonamides is 1. The van der Waals surface area contributed by atoms with Crippen molar-refractivity contribution < 1.29 is 21.9 Å². The van der Waals surface area contributed by atoms with Gasteiger partial charge in [-0.3, -0.25) is 0 Å². The highest BCUT2D eigenvalue weighted by molar-refractivity contribution is 7.89. The molecule has 1 saturated heterocycles. The van der Waals surface area contributed by atoms with Crippen LogP contribution in [0, 0.1) is 11.6 Å². The van der Waals surface area contributed by atoms with Gasteiger partial charge < -0.3 is 4.74 Å². The van der Waals surface area contributed by atoms with Crippen molar-refractivity contribution in [2.75, 3.05) is 13.1 Å². The molecule has 1 aromatic carbocycles. The number of benzene rings is 1. The molecule has 6 nitrogen and oxygen atoms in total. The Hall–Kier alpha value is -2.13. The van der Waals surface area contributed by atoms with Crippen LogP contribution in [-0.4, -0.2) is 41.9 Å². The molecule has 2 heterocycles. The average Bonchev–Trinajstić information content (AvgIpc) is 2.99. The van der Waals surface area contributed by atoms with Crippen LogP contribution in [0.1, 0.15) is 6.42 Å². The van der Waals surface area contributed by atoms with Crippen LogP contribution in [0.4, 0.5) is 8.78 Å².